The maximum absolute atomic E-state index is 12.8. The van der Waals surface area contributed by atoms with Gasteiger partial charge in [-0.1, -0.05) is 0 Å². The van der Waals surface area contributed by atoms with Crippen LogP contribution in [0.25, 0.3) is 0 Å². The molecule has 1 aromatic rings. The molecular weight excluding hydrogens is 490 g/mol. The Balaban J connectivity index is 0.00000625. The number of nitrogens with one attached hydrogen (secondary N) is 3. The van der Waals surface area contributed by atoms with Gasteiger partial charge in [0.2, 0.25) is 10.0 Å². The molecule has 0 amide bonds. The molecule has 0 heterocycles. The number of guanidine groups is 1. The van der Waals surface area contributed by atoms with Crippen LogP contribution in [0.15, 0.2) is 34.2 Å². The van der Waals surface area contributed by atoms with E-state index in [9.17, 15) is 12.8 Å². The molecule has 0 bridgehead atoms. The molecule has 0 aliphatic rings. The third kappa shape index (κ3) is 11.9. The van der Waals surface area contributed by atoms with E-state index in [1.165, 1.54) is 12.1 Å². The van der Waals surface area contributed by atoms with Crippen molar-refractivity contribution in [1.29, 1.82) is 0 Å². The molecule has 0 radical (unpaired) electrons. The molecular formula is C16H28FIN4O2S2. The Morgan fingerprint density at radius 2 is 1.73 bits per heavy atom. The Kier molecular flexibility index (Phi) is 14.1. The highest BCUT2D eigenvalue weighted by molar-refractivity contribution is 14.0. The molecule has 0 saturated carbocycles. The van der Waals surface area contributed by atoms with Gasteiger partial charge < -0.3 is 10.6 Å². The second kappa shape index (κ2) is 14.5. The Morgan fingerprint density at radius 3 is 2.31 bits per heavy atom. The highest BCUT2D eigenvalue weighted by Crippen LogP contribution is 2.18. The van der Waals surface area contributed by atoms with Crippen molar-refractivity contribution in [2.24, 2.45) is 4.99 Å². The Labute approximate surface area is 177 Å². The molecule has 0 unspecified atom stereocenters. The van der Waals surface area contributed by atoms with Crippen molar-refractivity contribution >= 4 is 51.7 Å². The highest BCUT2D eigenvalue weighted by atomic mass is 127. The Hall–Kier alpha value is -0.590. The fourth-order valence-electron chi connectivity index (χ4n) is 1.85. The second-order valence-electron chi connectivity index (χ2n) is 5.23. The van der Waals surface area contributed by atoms with Gasteiger partial charge in [-0.05, 0) is 49.8 Å². The van der Waals surface area contributed by atoms with Crippen molar-refractivity contribution in [2.45, 2.75) is 24.7 Å². The molecule has 1 rings (SSSR count). The summed E-state index contributed by atoms with van der Waals surface area (Å²) < 4.78 is 37.9. The van der Waals surface area contributed by atoms with Crippen LogP contribution in [0.4, 0.5) is 4.39 Å². The number of hydrogen-bond acceptors (Lipinski definition) is 4. The summed E-state index contributed by atoms with van der Waals surface area (Å²) in [6.45, 7) is 3.43. The molecule has 3 N–H and O–H groups in total. The number of thioether (sulfide) groups is 1. The smallest absolute Gasteiger partial charge is 0.211 e. The van der Waals surface area contributed by atoms with Crippen LogP contribution in [0.3, 0.4) is 0 Å². The molecule has 0 aromatic heterocycles. The number of nitrogens with zero attached hydrogens (tertiary/aromatic N) is 1. The first-order valence-corrected chi connectivity index (χ1v) is 10.9. The predicted molar refractivity (Wildman–Crippen MR) is 119 cm³/mol. The van der Waals surface area contributed by atoms with Crippen LogP contribution in [-0.2, 0) is 10.0 Å². The molecule has 0 atom stereocenters. The number of benzene rings is 1. The molecule has 0 fully saturated rings. The zero-order valence-corrected chi connectivity index (χ0v) is 19.1. The van der Waals surface area contributed by atoms with Gasteiger partial charge in [0, 0.05) is 31.6 Å². The lowest BCUT2D eigenvalue weighted by Crippen LogP contribution is -2.39. The fourth-order valence-corrected chi connectivity index (χ4v) is 3.36. The molecule has 0 aliphatic heterocycles. The van der Waals surface area contributed by atoms with Gasteiger partial charge >= 0.3 is 0 Å². The first-order valence-electron chi connectivity index (χ1n) is 8.27. The molecule has 0 saturated heterocycles. The van der Waals surface area contributed by atoms with E-state index in [4.69, 9.17) is 0 Å². The Morgan fingerprint density at radius 1 is 1.12 bits per heavy atom. The van der Waals surface area contributed by atoms with Crippen LogP contribution in [0.2, 0.25) is 0 Å². The zero-order chi connectivity index (χ0) is 18.5. The average molecular weight is 518 g/mol. The highest BCUT2D eigenvalue weighted by Gasteiger charge is 2.04. The van der Waals surface area contributed by atoms with E-state index < -0.39 is 10.0 Å². The van der Waals surface area contributed by atoms with E-state index in [1.54, 1.807) is 37.9 Å². The average Bonchev–Trinajstić information content (AvgIpc) is 2.61. The normalized spacial score (nSPS) is 11.7. The van der Waals surface area contributed by atoms with Crippen LogP contribution >= 0.6 is 35.7 Å². The summed E-state index contributed by atoms with van der Waals surface area (Å²) in [6, 6.07) is 6.49. The van der Waals surface area contributed by atoms with Crippen molar-refractivity contribution in [3.63, 3.8) is 0 Å². The number of rotatable bonds is 11. The minimum absolute atomic E-state index is 0. The van der Waals surface area contributed by atoms with Crippen LogP contribution in [0.5, 0.6) is 0 Å². The number of aliphatic imine (C=N–C) groups is 1. The van der Waals surface area contributed by atoms with Gasteiger partial charge in [-0.25, -0.2) is 17.5 Å². The topological polar surface area (TPSA) is 82.6 Å². The van der Waals surface area contributed by atoms with Crippen molar-refractivity contribution in [3.05, 3.63) is 30.1 Å². The van der Waals surface area contributed by atoms with E-state index in [1.807, 2.05) is 0 Å². The van der Waals surface area contributed by atoms with Crippen LogP contribution in [-0.4, -0.2) is 52.6 Å². The minimum atomic E-state index is -3.12. The minimum Gasteiger partial charge on any atom is -0.356 e. The van der Waals surface area contributed by atoms with E-state index in [-0.39, 0.29) is 35.5 Å². The summed E-state index contributed by atoms with van der Waals surface area (Å²) in [5.41, 5.74) is 0. The van der Waals surface area contributed by atoms with Crippen molar-refractivity contribution < 1.29 is 12.8 Å². The first kappa shape index (κ1) is 25.4. The van der Waals surface area contributed by atoms with E-state index >= 15 is 0 Å². The SMILES string of the molecule is CCS(=O)(=O)NCCCNC(=NC)NCCCSc1ccc(F)cc1.I. The summed E-state index contributed by atoms with van der Waals surface area (Å²) in [5, 5.41) is 6.35. The van der Waals surface area contributed by atoms with E-state index in [0.29, 0.717) is 25.5 Å². The summed E-state index contributed by atoms with van der Waals surface area (Å²) in [6.07, 6.45) is 1.62. The standard InChI is InChI=1S/C16H27FN4O2S2.HI/c1-3-25(22,23)21-12-4-10-19-16(18-2)20-11-5-13-24-15-8-6-14(17)7-9-15;/h6-9,21H,3-5,10-13H2,1-2H3,(H2,18,19,20);1H. The predicted octanol–water partition coefficient (Wildman–Crippen LogP) is 2.42. The van der Waals surface area contributed by atoms with Gasteiger partial charge in [0.15, 0.2) is 5.96 Å². The number of sulfonamides is 1. The lowest BCUT2D eigenvalue weighted by Gasteiger charge is -2.12. The summed E-state index contributed by atoms with van der Waals surface area (Å²) in [7, 11) is -1.42. The molecule has 6 nitrogen and oxygen atoms in total. The van der Waals surface area contributed by atoms with Gasteiger partial charge in [-0.15, -0.1) is 35.7 Å². The van der Waals surface area contributed by atoms with Crippen LogP contribution in [0, 0.1) is 5.82 Å². The monoisotopic (exact) mass is 518 g/mol. The molecule has 0 spiro atoms. The molecule has 150 valence electrons. The van der Waals surface area contributed by atoms with Gasteiger partial charge in [0.05, 0.1) is 5.75 Å². The van der Waals surface area contributed by atoms with E-state index in [2.05, 4.69) is 20.3 Å². The zero-order valence-electron chi connectivity index (χ0n) is 15.1. The van der Waals surface area contributed by atoms with Gasteiger partial charge in [0.25, 0.3) is 0 Å². The number of hydrogen-bond donors (Lipinski definition) is 3. The third-order valence-electron chi connectivity index (χ3n) is 3.27. The van der Waals surface area contributed by atoms with Crippen LogP contribution in [0.1, 0.15) is 19.8 Å². The first-order chi connectivity index (χ1) is 12.0. The molecule has 1 aromatic carbocycles. The van der Waals surface area contributed by atoms with Gasteiger partial charge in [0.1, 0.15) is 5.82 Å². The van der Waals surface area contributed by atoms with Crippen molar-refractivity contribution in [2.75, 3.05) is 38.2 Å². The summed E-state index contributed by atoms with van der Waals surface area (Å²) >= 11 is 1.69. The Bertz CT molecular complexity index is 628. The lowest BCUT2D eigenvalue weighted by atomic mass is 10.4. The third-order valence-corrected chi connectivity index (χ3v) is 5.77. The van der Waals surface area contributed by atoms with E-state index in [0.717, 1.165) is 23.6 Å². The van der Waals surface area contributed by atoms with Crippen molar-refractivity contribution in [1.82, 2.24) is 15.4 Å². The maximum Gasteiger partial charge on any atom is 0.211 e. The quantitative estimate of drug-likeness (QED) is 0.138. The van der Waals surface area contributed by atoms with Crippen LogP contribution < -0.4 is 15.4 Å². The summed E-state index contributed by atoms with van der Waals surface area (Å²) in [4.78, 5) is 5.18. The van der Waals surface area contributed by atoms with Gasteiger partial charge in [-0.3, -0.25) is 4.99 Å². The lowest BCUT2D eigenvalue weighted by molar-refractivity contribution is 0.579. The van der Waals surface area contributed by atoms with Crippen molar-refractivity contribution in [3.8, 4) is 0 Å². The van der Waals surface area contributed by atoms with Gasteiger partial charge in [-0.2, -0.15) is 0 Å². The number of halogens is 2. The summed E-state index contributed by atoms with van der Waals surface area (Å²) in [5.74, 6) is 1.50. The molecule has 0 aliphatic carbocycles. The molecule has 26 heavy (non-hydrogen) atoms. The fraction of sp³-hybridized carbons (Fsp3) is 0.562. The molecule has 10 heteroatoms. The second-order valence-corrected chi connectivity index (χ2v) is 8.50. The maximum atomic E-state index is 12.8. The largest absolute Gasteiger partial charge is 0.356 e.